The molecule has 0 aliphatic heterocycles. The average molecular weight is 207 g/mol. The number of rotatable bonds is 3. The van der Waals surface area contributed by atoms with Gasteiger partial charge in [-0.15, -0.1) is 0 Å². The second kappa shape index (κ2) is 3.80. The van der Waals surface area contributed by atoms with Crippen LogP contribution in [0.25, 0.3) is 0 Å². The molecule has 0 amide bonds. The molecule has 0 spiro atoms. The van der Waals surface area contributed by atoms with Gasteiger partial charge >= 0.3 is 5.97 Å². The lowest BCUT2D eigenvalue weighted by Crippen LogP contribution is -2.23. The quantitative estimate of drug-likeness (QED) is 0.722. The Labute approximate surface area is 89.9 Å². The van der Waals surface area contributed by atoms with Gasteiger partial charge in [0.2, 0.25) is 0 Å². The molecule has 0 saturated heterocycles. The van der Waals surface area contributed by atoms with Gasteiger partial charge in [-0.05, 0) is 39.0 Å². The second-order valence-corrected chi connectivity index (χ2v) is 4.45. The first kappa shape index (κ1) is 10.4. The van der Waals surface area contributed by atoms with Crippen LogP contribution >= 0.6 is 0 Å². The van der Waals surface area contributed by atoms with E-state index in [1.807, 2.05) is 19.1 Å². The van der Waals surface area contributed by atoms with E-state index >= 15 is 0 Å². The maximum atomic E-state index is 11.2. The molecule has 0 radical (unpaired) electrons. The van der Waals surface area contributed by atoms with Crippen LogP contribution in [0, 0.1) is 5.92 Å². The molecule has 82 valence electrons. The molecular formula is C12H17NO2. The Bertz CT molecular complexity index is 325. The third-order valence-electron chi connectivity index (χ3n) is 3.32. The van der Waals surface area contributed by atoms with Gasteiger partial charge in [-0.3, -0.25) is 4.99 Å². The minimum atomic E-state index is -0.799. The number of aliphatic carboxylic acids is 1. The van der Waals surface area contributed by atoms with Crippen LogP contribution in [0.15, 0.2) is 17.1 Å². The minimum Gasteiger partial charge on any atom is -0.479 e. The van der Waals surface area contributed by atoms with Crippen molar-refractivity contribution in [1.29, 1.82) is 0 Å². The first-order chi connectivity index (χ1) is 7.19. The highest BCUT2D eigenvalue weighted by Crippen LogP contribution is 2.49. The molecule has 2 aliphatic carbocycles. The number of carboxylic acids is 1. The third kappa shape index (κ3) is 1.83. The topological polar surface area (TPSA) is 49.7 Å². The van der Waals surface area contributed by atoms with E-state index < -0.39 is 11.5 Å². The van der Waals surface area contributed by atoms with Crippen LogP contribution in [-0.4, -0.2) is 22.3 Å². The zero-order chi connectivity index (χ0) is 10.9. The molecule has 0 aromatic carbocycles. The Morgan fingerprint density at radius 3 is 2.73 bits per heavy atom. The summed E-state index contributed by atoms with van der Waals surface area (Å²) in [6.07, 6.45) is 8.90. The van der Waals surface area contributed by atoms with E-state index in [1.165, 1.54) is 12.8 Å². The number of hydrogen-bond acceptors (Lipinski definition) is 2. The van der Waals surface area contributed by atoms with Crippen LogP contribution < -0.4 is 0 Å². The molecule has 0 heterocycles. The maximum absolute atomic E-state index is 11.2. The van der Waals surface area contributed by atoms with Crippen molar-refractivity contribution in [2.24, 2.45) is 10.9 Å². The Balaban J connectivity index is 2.15. The normalized spacial score (nSPS) is 34.7. The van der Waals surface area contributed by atoms with Crippen LogP contribution in [-0.2, 0) is 4.79 Å². The van der Waals surface area contributed by atoms with Gasteiger partial charge < -0.3 is 5.11 Å². The standard InChI is InChI=1S/C12H17NO2/c1-2-5-9-8-12(9,11(14)15)13-10-6-3-4-7-10/h2,5,9H,3-4,6-8H2,1H3,(H,14,15). The molecule has 2 atom stereocenters. The highest BCUT2D eigenvalue weighted by atomic mass is 16.4. The lowest BCUT2D eigenvalue weighted by Gasteiger charge is -2.06. The van der Waals surface area contributed by atoms with Gasteiger partial charge in [0, 0.05) is 11.6 Å². The molecule has 2 fully saturated rings. The summed E-state index contributed by atoms with van der Waals surface area (Å²) in [5.74, 6) is -0.641. The van der Waals surface area contributed by atoms with Crippen LogP contribution in [0.2, 0.25) is 0 Å². The lowest BCUT2D eigenvalue weighted by molar-refractivity contribution is -0.139. The fourth-order valence-electron chi connectivity index (χ4n) is 2.34. The highest BCUT2D eigenvalue weighted by Gasteiger charge is 2.59. The predicted octanol–water partition coefficient (Wildman–Crippen LogP) is 2.42. The Morgan fingerprint density at radius 1 is 1.53 bits per heavy atom. The van der Waals surface area contributed by atoms with Crippen molar-refractivity contribution < 1.29 is 9.90 Å². The highest BCUT2D eigenvalue weighted by molar-refractivity contribution is 5.92. The SMILES string of the molecule is CC=CC1CC1(N=C1CCCC1)C(=O)O. The summed E-state index contributed by atoms with van der Waals surface area (Å²) in [5.41, 5.74) is 0.316. The van der Waals surface area contributed by atoms with Gasteiger partial charge in [0.05, 0.1) is 0 Å². The smallest absolute Gasteiger partial charge is 0.332 e. The molecule has 2 rings (SSSR count). The average Bonchev–Trinajstić information content (AvgIpc) is 2.66. The predicted molar refractivity (Wildman–Crippen MR) is 59.2 cm³/mol. The van der Waals surface area contributed by atoms with Crippen LogP contribution in [0.4, 0.5) is 0 Å². The van der Waals surface area contributed by atoms with Gasteiger partial charge in [0.1, 0.15) is 0 Å². The molecule has 3 nitrogen and oxygen atoms in total. The van der Waals surface area contributed by atoms with E-state index in [1.54, 1.807) is 0 Å². The summed E-state index contributed by atoms with van der Waals surface area (Å²) in [5, 5.41) is 9.22. The van der Waals surface area contributed by atoms with Crippen molar-refractivity contribution >= 4 is 11.7 Å². The lowest BCUT2D eigenvalue weighted by atomic mass is 10.2. The van der Waals surface area contributed by atoms with Crippen molar-refractivity contribution in [3.8, 4) is 0 Å². The monoisotopic (exact) mass is 207 g/mol. The largest absolute Gasteiger partial charge is 0.479 e. The van der Waals surface area contributed by atoms with Gasteiger partial charge in [-0.1, -0.05) is 12.2 Å². The Hall–Kier alpha value is -1.12. The molecule has 2 aliphatic rings. The van der Waals surface area contributed by atoms with Crippen LogP contribution in [0.1, 0.15) is 39.0 Å². The molecule has 15 heavy (non-hydrogen) atoms. The molecule has 0 bridgehead atoms. The summed E-state index contributed by atoms with van der Waals surface area (Å²) in [4.78, 5) is 15.7. The summed E-state index contributed by atoms with van der Waals surface area (Å²) < 4.78 is 0. The second-order valence-electron chi connectivity index (χ2n) is 4.45. The summed E-state index contributed by atoms with van der Waals surface area (Å²) in [7, 11) is 0. The molecule has 0 aromatic rings. The Morgan fingerprint density at radius 2 is 2.20 bits per heavy atom. The van der Waals surface area contributed by atoms with Gasteiger partial charge in [0.15, 0.2) is 5.54 Å². The number of carbonyl (C=O) groups is 1. The van der Waals surface area contributed by atoms with Crippen molar-refractivity contribution in [1.82, 2.24) is 0 Å². The first-order valence-electron chi connectivity index (χ1n) is 5.63. The Kier molecular flexibility index (Phi) is 2.63. The van der Waals surface area contributed by atoms with E-state index in [0.29, 0.717) is 6.42 Å². The van der Waals surface area contributed by atoms with Crippen molar-refractivity contribution in [2.45, 2.75) is 44.6 Å². The molecule has 2 saturated carbocycles. The number of allylic oxidation sites excluding steroid dienone is 1. The van der Waals surface area contributed by atoms with Gasteiger partial charge in [-0.25, -0.2) is 4.79 Å². The molecule has 3 heteroatoms. The zero-order valence-electron chi connectivity index (χ0n) is 9.07. The molecule has 0 aromatic heterocycles. The van der Waals surface area contributed by atoms with Gasteiger partial charge in [-0.2, -0.15) is 0 Å². The summed E-state index contributed by atoms with van der Waals surface area (Å²) in [6.45, 7) is 1.92. The van der Waals surface area contributed by atoms with Crippen molar-refractivity contribution in [3.63, 3.8) is 0 Å². The van der Waals surface area contributed by atoms with E-state index in [-0.39, 0.29) is 5.92 Å². The number of aliphatic imine (C=N–C) groups is 1. The van der Waals surface area contributed by atoms with Crippen LogP contribution in [0.5, 0.6) is 0 Å². The summed E-state index contributed by atoms with van der Waals surface area (Å²) >= 11 is 0. The van der Waals surface area contributed by atoms with E-state index in [0.717, 1.165) is 18.6 Å². The molecule has 1 N–H and O–H groups in total. The van der Waals surface area contributed by atoms with E-state index in [9.17, 15) is 9.90 Å². The minimum absolute atomic E-state index is 0.119. The maximum Gasteiger partial charge on any atom is 0.332 e. The first-order valence-corrected chi connectivity index (χ1v) is 5.63. The molecule has 2 unspecified atom stereocenters. The van der Waals surface area contributed by atoms with E-state index in [2.05, 4.69) is 4.99 Å². The van der Waals surface area contributed by atoms with Crippen molar-refractivity contribution in [3.05, 3.63) is 12.2 Å². The third-order valence-corrected chi connectivity index (χ3v) is 3.32. The van der Waals surface area contributed by atoms with Crippen molar-refractivity contribution in [2.75, 3.05) is 0 Å². The van der Waals surface area contributed by atoms with Crippen LogP contribution in [0.3, 0.4) is 0 Å². The number of hydrogen-bond donors (Lipinski definition) is 1. The summed E-state index contributed by atoms with van der Waals surface area (Å²) in [6, 6.07) is 0. The van der Waals surface area contributed by atoms with E-state index in [4.69, 9.17) is 0 Å². The van der Waals surface area contributed by atoms with Gasteiger partial charge in [0.25, 0.3) is 0 Å². The number of carboxylic acid groups (broad SMARTS) is 1. The molecular weight excluding hydrogens is 190 g/mol. The fourth-order valence-corrected chi connectivity index (χ4v) is 2.34. The zero-order valence-corrected chi connectivity index (χ0v) is 9.07. The number of nitrogens with zero attached hydrogens (tertiary/aromatic N) is 1. The fraction of sp³-hybridized carbons (Fsp3) is 0.667.